The lowest BCUT2D eigenvalue weighted by atomic mass is 9.82. The fourth-order valence-corrected chi connectivity index (χ4v) is 6.03. The number of para-hydroxylation sites is 1. The zero-order chi connectivity index (χ0) is 30.3. The van der Waals surface area contributed by atoms with E-state index in [1.54, 1.807) is 36.8 Å². The van der Waals surface area contributed by atoms with Gasteiger partial charge in [-0.25, -0.2) is 4.98 Å². The van der Waals surface area contributed by atoms with Crippen LogP contribution in [0.2, 0.25) is 0 Å². The first-order chi connectivity index (χ1) is 21.4. The summed E-state index contributed by atoms with van der Waals surface area (Å²) in [5.74, 6) is 0.147. The molecule has 0 amide bonds. The number of hydrogen-bond donors (Lipinski definition) is 5. The van der Waals surface area contributed by atoms with Crippen LogP contribution in [0.15, 0.2) is 90.1 Å². The van der Waals surface area contributed by atoms with Crippen LogP contribution in [-0.2, 0) is 0 Å². The van der Waals surface area contributed by atoms with E-state index in [4.69, 9.17) is 4.98 Å². The van der Waals surface area contributed by atoms with E-state index in [9.17, 15) is 9.59 Å². The van der Waals surface area contributed by atoms with Crippen molar-refractivity contribution >= 4 is 51.2 Å². The van der Waals surface area contributed by atoms with E-state index in [0.717, 1.165) is 36.6 Å². The molecule has 2 aromatic carbocycles. The number of ketones is 1. The molecule has 0 bridgehead atoms. The highest BCUT2D eigenvalue weighted by Crippen LogP contribution is 2.38. The van der Waals surface area contributed by atoms with Crippen molar-refractivity contribution in [2.45, 2.75) is 37.9 Å². The Morgan fingerprint density at radius 2 is 1.75 bits per heavy atom. The number of nitrogens with one attached hydrogen (secondary N) is 5. The number of anilines is 6. The zero-order valence-electron chi connectivity index (χ0n) is 24.5. The maximum Gasteiger partial charge on any atom is 0.276 e. The third-order valence-electron chi connectivity index (χ3n) is 8.13. The molecule has 2 aliphatic heterocycles. The van der Waals surface area contributed by atoms with Crippen LogP contribution in [0.1, 0.15) is 36.7 Å². The molecule has 0 radical (unpaired) electrons. The summed E-state index contributed by atoms with van der Waals surface area (Å²) in [5.41, 5.74) is 3.19. The molecule has 2 atom stereocenters. The highest BCUT2D eigenvalue weighted by Gasteiger charge is 2.44. The molecule has 5 N–H and O–H groups in total. The summed E-state index contributed by atoms with van der Waals surface area (Å²) in [7, 11) is 0. The topological polar surface area (TPSA) is 138 Å². The van der Waals surface area contributed by atoms with E-state index in [2.05, 4.69) is 36.6 Å². The fourth-order valence-electron chi connectivity index (χ4n) is 6.03. The van der Waals surface area contributed by atoms with E-state index in [-0.39, 0.29) is 17.0 Å². The van der Waals surface area contributed by atoms with Crippen LogP contribution < -0.4 is 32.1 Å². The molecule has 11 heteroatoms. The van der Waals surface area contributed by atoms with Gasteiger partial charge in [-0.1, -0.05) is 12.1 Å². The molecule has 0 spiro atoms. The first-order valence-electron chi connectivity index (χ1n) is 14.7. The van der Waals surface area contributed by atoms with Gasteiger partial charge in [-0.2, -0.15) is 4.98 Å². The third kappa shape index (κ3) is 5.22. The second kappa shape index (κ2) is 11.1. The molecule has 5 aromatic rings. The molecular formula is C33H33N9O2. The van der Waals surface area contributed by atoms with Crippen LogP contribution in [-0.4, -0.2) is 50.0 Å². The molecule has 2 aliphatic rings. The van der Waals surface area contributed by atoms with Gasteiger partial charge in [0.2, 0.25) is 5.95 Å². The summed E-state index contributed by atoms with van der Waals surface area (Å²) >= 11 is 0. The Bertz CT molecular complexity index is 1900. The number of rotatable bonds is 7. The molecular weight excluding hydrogens is 554 g/mol. The van der Waals surface area contributed by atoms with Crippen LogP contribution in [0.25, 0.3) is 11.0 Å². The average Bonchev–Trinajstić information content (AvgIpc) is 3.53. The second-order valence-corrected chi connectivity index (χ2v) is 11.8. The summed E-state index contributed by atoms with van der Waals surface area (Å²) in [6, 6.07) is 20.2. The predicted molar refractivity (Wildman–Crippen MR) is 173 cm³/mol. The molecule has 3 aromatic heterocycles. The summed E-state index contributed by atoms with van der Waals surface area (Å²) in [4.78, 5) is 41.9. The summed E-state index contributed by atoms with van der Waals surface area (Å²) in [6.45, 7) is 5.81. The number of carbonyl (C=O) groups excluding carboxylic acids is 1. The molecule has 0 aliphatic carbocycles. The Balaban J connectivity index is 1.30. The molecule has 5 heterocycles. The van der Waals surface area contributed by atoms with Gasteiger partial charge in [0.15, 0.2) is 5.78 Å². The van der Waals surface area contributed by atoms with E-state index in [0.29, 0.717) is 34.3 Å². The Kier molecular flexibility index (Phi) is 6.94. The van der Waals surface area contributed by atoms with E-state index >= 15 is 0 Å². The van der Waals surface area contributed by atoms with Crippen molar-refractivity contribution in [2.75, 3.05) is 34.4 Å². The number of benzene rings is 2. The number of aromatic nitrogens is 4. The predicted octanol–water partition coefficient (Wildman–Crippen LogP) is 5.08. The van der Waals surface area contributed by atoms with Crippen molar-refractivity contribution in [3.63, 3.8) is 0 Å². The van der Waals surface area contributed by atoms with Gasteiger partial charge >= 0.3 is 0 Å². The molecule has 2 unspecified atom stereocenters. The van der Waals surface area contributed by atoms with Gasteiger partial charge in [0.25, 0.3) is 5.56 Å². The van der Waals surface area contributed by atoms with E-state index in [1.165, 1.54) is 4.57 Å². The lowest BCUT2D eigenvalue weighted by Crippen LogP contribution is -2.51. The first kappa shape index (κ1) is 27.5. The molecule has 1 saturated heterocycles. The van der Waals surface area contributed by atoms with E-state index < -0.39 is 11.6 Å². The monoisotopic (exact) mass is 587 g/mol. The molecule has 222 valence electrons. The van der Waals surface area contributed by atoms with E-state index in [1.807, 2.05) is 62.4 Å². The van der Waals surface area contributed by atoms with Gasteiger partial charge in [-0.3, -0.25) is 19.1 Å². The molecule has 7 rings (SSSR count). The molecule has 1 fully saturated rings. The van der Waals surface area contributed by atoms with Crippen molar-refractivity contribution in [1.82, 2.24) is 24.8 Å². The summed E-state index contributed by atoms with van der Waals surface area (Å²) < 4.78 is 1.49. The minimum atomic E-state index is -0.888. The number of pyridine rings is 2. The van der Waals surface area contributed by atoms with Crippen LogP contribution >= 0.6 is 0 Å². The van der Waals surface area contributed by atoms with Gasteiger partial charge in [0, 0.05) is 53.0 Å². The van der Waals surface area contributed by atoms with Crippen molar-refractivity contribution in [2.24, 2.45) is 0 Å². The van der Waals surface area contributed by atoms with Gasteiger partial charge < -0.3 is 26.6 Å². The molecule has 0 saturated carbocycles. The maximum atomic E-state index is 14.3. The van der Waals surface area contributed by atoms with Crippen LogP contribution in [0.5, 0.6) is 0 Å². The SMILES string of the molecule is CC1(C)Nc2ccccc2C(=O)C1n1c(=O)c(Nc2cccnc2)cc2cnc(Nc3ccc(NC4CCNC4)cc3)nc21. The lowest BCUT2D eigenvalue weighted by Gasteiger charge is -2.41. The van der Waals surface area contributed by atoms with Gasteiger partial charge in [0.1, 0.15) is 17.4 Å². The molecule has 11 nitrogen and oxygen atoms in total. The minimum absolute atomic E-state index is 0.167. The Labute approximate surface area is 254 Å². The van der Waals surface area contributed by atoms with Crippen molar-refractivity contribution in [3.8, 4) is 0 Å². The minimum Gasteiger partial charge on any atom is -0.381 e. The Hall–Kier alpha value is -5.29. The summed E-state index contributed by atoms with van der Waals surface area (Å²) in [5, 5.41) is 17.4. The van der Waals surface area contributed by atoms with Crippen LogP contribution in [0.4, 0.5) is 34.4 Å². The summed E-state index contributed by atoms with van der Waals surface area (Å²) in [6.07, 6.45) is 6.05. The first-order valence-corrected chi connectivity index (χ1v) is 14.7. The average molecular weight is 588 g/mol. The third-order valence-corrected chi connectivity index (χ3v) is 8.13. The number of fused-ring (bicyclic) bond motifs is 2. The van der Waals surface area contributed by atoms with Gasteiger partial charge in [-0.15, -0.1) is 0 Å². The van der Waals surface area contributed by atoms with Crippen molar-refractivity contribution < 1.29 is 4.79 Å². The smallest absolute Gasteiger partial charge is 0.276 e. The lowest BCUT2D eigenvalue weighted by molar-refractivity contribution is 0.0876. The normalized spacial score (nSPS) is 18.8. The second-order valence-electron chi connectivity index (χ2n) is 11.8. The van der Waals surface area contributed by atoms with Crippen LogP contribution in [0.3, 0.4) is 0 Å². The Morgan fingerprint density at radius 3 is 2.52 bits per heavy atom. The molecule has 44 heavy (non-hydrogen) atoms. The van der Waals surface area contributed by atoms with Gasteiger partial charge in [0.05, 0.1) is 17.4 Å². The fraction of sp³-hybridized carbons (Fsp3) is 0.242. The maximum absolute atomic E-state index is 14.3. The number of hydrogen-bond acceptors (Lipinski definition) is 10. The largest absolute Gasteiger partial charge is 0.381 e. The zero-order valence-corrected chi connectivity index (χ0v) is 24.5. The highest BCUT2D eigenvalue weighted by molar-refractivity contribution is 6.07. The standard InChI is InChI=1S/C33H33N9O2/c1-33(2)29(28(43)25-7-3-4-8-26(25)41-33)42-30-20(16-27(31(42)44)38-23-6-5-14-34-18-23)17-36-32(40-30)39-22-11-9-21(10-12-22)37-24-13-15-35-19-24/h3-12,14,16-18,24,29,35,37-38,41H,13,15,19H2,1-2H3,(H,36,39,40). The van der Waals surface area contributed by atoms with Gasteiger partial charge in [-0.05, 0) is 81.4 Å². The number of carbonyl (C=O) groups is 1. The van der Waals surface area contributed by atoms with Crippen molar-refractivity contribution in [3.05, 3.63) is 101 Å². The van der Waals surface area contributed by atoms with Crippen molar-refractivity contribution in [1.29, 1.82) is 0 Å². The quantitative estimate of drug-likeness (QED) is 0.175. The number of Topliss-reactive ketones (excluding diaryl/α,β-unsaturated/α-hetero) is 1. The number of nitrogens with zero attached hydrogens (tertiary/aromatic N) is 4. The highest BCUT2D eigenvalue weighted by atomic mass is 16.1. The van der Waals surface area contributed by atoms with Crippen LogP contribution in [0, 0.1) is 0 Å². The Morgan fingerprint density at radius 1 is 0.932 bits per heavy atom.